The van der Waals surface area contributed by atoms with Gasteiger partial charge in [0, 0.05) is 10.0 Å². The second-order valence-electron chi connectivity index (χ2n) is 3.56. The third-order valence-corrected chi connectivity index (χ3v) is 3.60. The number of carbonyl (C=O) groups excluding carboxylic acids is 1. The molecule has 5 heteroatoms. The summed E-state index contributed by atoms with van der Waals surface area (Å²) in [5.41, 5.74) is 1.06. The van der Waals surface area contributed by atoms with Crippen LogP contribution in [0.3, 0.4) is 0 Å². The Kier molecular flexibility index (Phi) is 4.14. The fourth-order valence-electron chi connectivity index (χ4n) is 1.39. The van der Waals surface area contributed by atoms with E-state index in [4.69, 9.17) is 0 Å². The van der Waals surface area contributed by atoms with E-state index in [1.807, 2.05) is 18.2 Å². The monoisotopic (exact) mass is 371 g/mol. The second-order valence-corrected chi connectivity index (χ2v) is 5.27. The van der Waals surface area contributed by atoms with Gasteiger partial charge >= 0.3 is 0 Å². The van der Waals surface area contributed by atoms with Crippen molar-refractivity contribution in [2.45, 2.75) is 0 Å². The fourth-order valence-corrected chi connectivity index (χ4v) is 2.16. The Bertz CT molecular complexity index is 601. The lowest BCUT2D eigenvalue weighted by atomic mass is 10.2. The van der Waals surface area contributed by atoms with E-state index in [1.165, 1.54) is 18.2 Å². The summed E-state index contributed by atoms with van der Waals surface area (Å²) in [7, 11) is 0. The number of nitrogens with one attached hydrogen (secondary N) is 1. The summed E-state index contributed by atoms with van der Waals surface area (Å²) >= 11 is 6.39. The molecule has 0 saturated heterocycles. The molecule has 1 amide bonds. The van der Waals surface area contributed by atoms with E-state index in [2.05, 4.69) is 37.2 Å². The standard InChI is InChI=1S/C13H8Br2FNO/c14-9-3-1-2-4-12(9)17-13(18)8-5-6-11(16)10(15)7-8/h1-7H,(H,17,18). The number of hydrogen-bond donors (Lipinski definition) is 1. The summed E-state index contributed by atoms with van der Waals surface area (Å²) in [4.78, 5) is 12.0. The summed E-state index contributed by atoms with van der Waals surface area (Å²) in [5.74, 6) is -0.685. The lowest BCUT2D eigenvalue weighted by Gasteiger charge is -2.07. The molecule has 0 saturated carbocycles. The van der Waals surface area contributed by atoms with Crippen LogP contribution in [0, 0.1) is 5.82 Å². The van der Waals surface area contributed by atoms with E-state index >= 15 is 0 Å². The lowest BCUT2D eigenvalue weighted by molar-refractivity contribution is 0.102. The Morgan fingerprint density at radius 3 is 2.44 bits per heavy atom. The molecule has 0 atom stereocenters. The highest BCUT2D eigenvalue weighted by Gasteiger charge is 2.09. The van der Waals surface area contributed by atoms with Crippen molar-refractivity contribution in [1.29, 1.82) is 0 Å². The molecule has 92 valence electrons. The molecule has 2 aromatic carbocycles. The minimum Gasteiger partial charge on any atom is -0.321 e. The van der Waals surface area contributed by atoms with E-state index in [-0.39, 0.29) is 10.4 Å². The van der Waals surface area contributed by atoms with Gasteiger partial charge in [-0.15, -0.1) is 0 Å². The Hall–Kier alpha value is -1.20. The van der Waals surface area contributed by atoms with Crippen LogP contribution in [0.4, 0.5) is 10.1 Å². The molecule has 0 aromatic heterocycles. The third-order valence-electron chi connectivity index (χ3n) is 2.30. The lowest BCUT2D eigenvalue weighted by Crippen LogP contribution is -2.12. The van der Waals surface area contributed by atoms with Crippen molar-refractivity contribution in [3.8, 4) is 0 Å². The van der Waals surface area contributed by atoms with Gasteiger partial charge in [-0.3, -0.25) is 4.79 Å². The molecule has 0 bridgehead atoms. The average Bonchev–Trinajstić information content (AvgIpc) is 2.35. The Morgan fingerprint density at radius 2 is 1.78 bits per heavy atom. The van der Waals surface area contributed by atoms with Crippen LogP contribution in [0.5, 0.6) is 0 Å². The first-order chi connectivity index (χ1) is 8.58. The first-order valence-electron chi connectivity index (χ1n) is 5.09. The maximum Gasteiger partial charge on any atom is 0.255 e. The molecule has 0 aliphatic heterocycles. The van der Waals surface area contributed by atoms with Gasteiger partial charge < -0.3 is 5.32 Å². The zero-order chi connectivity index (χ0) is 13.1. The van der Waals surface area contributed by atoms with Gasteiger partial charge in [0.1, 0.15) is 5.82 Å². The maximum absolute atomic E-state index is 13.1. The van der Waals surface area contributed by atoms with Gasteiger partial charge in [0.25, 0.3) is 5.91 Å². The molecule has 2 rings (SSSR count). The predicted octanol–water partition coefficient (Wildman–Crippen LogP) is 4.60. The third kappa shape index (κ3) is 2.97. The van der Waals surface area contributed by atoms with Crippen molar-refractivity contribution in [3.63, 3.8) is 0 Å². The maximum atomic E-state index is 13.1. The molecule has 0 fully saturated rings. The number of rotatable bonds is 2. The zero-order valence-corrected chi connectivity index (χ0v) is 12.3. The number of carbonyl (C=O) groups is 1. The first-order valence-corrected chi connectivity index (χ1v) is 6.67. The Balaban J connectivity index is 2.22. The molecule has 0 radical (unpaired) electrons. The molecule has 2 aromatic rings. The molecule has 0 heterocycles. The van der Waals surface area contributed by atoms with E-state index < -0.39 is 5.82 Å². The minimum absolute atomic E-state index is 0.266. The summed E-state index contributed by atoms with van der Waals surface area (Å²) < 4.78 is 14.1. The molecule has 0 unspecified atom stereocenters. The van der Waals surface area contributed by atoms with Gasteiger partial charge in [0.2, 0.25) is 0 Å². The predicted molar refractivity (Wildman–Crippen MR) is 76.2 cm³/mol. The van der Waals surface area contributed by atoms with Crippen LogP contribution in [0.25, 0.3) is 0 Å². The van der Waals surface area contributed by atoms with Crippen molar-refractivity contribution in [1.82, 2.24) is 0 Å². The van der Waals surface area contributed by atoms with Gasteiger partial charge in [-0.2, -0.15) is 0 Å². The summed E-state index contributed by atoms with van der Waals surface area (Å²) in [6, 6.07) is 11.4. The number of amides is 1. The highest BCUT2D eigenvalue weighted by atomic mass is 79.9. The molecule has 2 nitrogen and oxygen atoms in total. The number of halogens is 3. The van der Waals surface area contributed by atoms with Crippen LogP contribution in [-0.2, 0) is 0 Å². The van der Waals surface area contributed by atoms with Crippen LogP contribution in [-0.4, -0.2) is 5.91 Å². The highest BCUT2D eigenvalue weighted by molar-refractivity contribution is 9.10. The Morgan fingerprint density at radius 1 is 1.06 bits per heavy atom. The highest BCUT2D eigenvalue weighted by Crippen LogP contribution is 2.23. The van der Waals surface area contributed by atoms with Gasteiger partial charge in [-0.1, -0.05) is 12.1 Å². The van der Waals surface area contributed by atoms with Gasteiger partial charge in [-0.05, 0) is 62.2 Å². The van der Waals surface area contributed by atoms with Gasteiger partial charge in [-0.25, -0.2) is 4.39 Å². The number of hydrogen-bond acceptors (Lipinski definition) is 1. The van der Waals surface area contributed by atoms with Crippen molar-refractivity contribution < 1.29 is 9.18 Å². The normalized spacial score (nSPS) is 10.2. The van der Waals surface area contributed by atoms with Crippen molar-refractivity contribution >= 4 is 43.5 Å². The van der Waals surface area contributed by atoms with E-state index in [1.54, 1.807) is 6.07 Å². The largest absolute Gasteiger partial charge is 0.321 e. The summed E-state index contributed by atoms with van der Waals surface area (Å²) in [6.45, 7) is 0. The fraction of sp³-hybridized carbons (Fsp3) is 0. The minimum atomic E-state index is -0.396. The first kappa shape index (κ1) is 13.2. The zero-order valence-electron chi connectivity index (χ0n) is 9.08. The smallest absolute Gasteiger partial charge is 0.255 e. The van der Waals surface area contributed by atoms with Gasteiger partial charge in [0.05, 0.1) is 10.2 Å². The van der Waals surface area contributed by atoms with E-state index in [0.29, 0.717) is 11.3 Å². The van der Waals surface area contributed by atoms with Crippen LogP contribution in [0.1, 0.15) is 10.4 Å². The van der Waals surface area contributed by atoms with Crippen LogP contribution >= 0.6 is 31.9 Å². The number of benzene rings is 2. The van der Waals surface area contributed by atoms with Crippen LogP contribution in [0.15, 0.2) is 51.4 Å². The molecule has 0 aliphatic carbocycles. The SMILES string of the molecule is O=C(Nc1ccccc1Br)c1ccc(F)c(Br)c1. The quantitative estimate of drug-likeness (QED) is 0.819. The van der Waals surface area contributed by atoms with Crippen molar-refractivity contribution in [2.24, 2.45) is 0 Å². The van der Waals surface area contributed by atoms with Crippen molar-refractivity contribution in [3.05, 3.63) is 62.8 Å². The molecule has 18 heavy (non-hydrogen) atoms. The summed E-state index contributed by atoms with van der Waals surface area (Å²) in [5, 5.41) is 2.74. The molecular weight excluding hydrogens is 365 g/mol. The summed E-state index contributed by atoms with van der Waals surface area (Å²) in [6.07, 6.45) is 0. The van der Waals surface area contributed by atoms with E-state index in [0.717, 1.165) is 4.47 Å². The van der Waals surface area contributed by atoms with E-state index in [9.17, 15) is 9.18 Å². The van der Waals surface area contributed by atoms with Gasteiger partial charge in [0.15, 0.2) is 0 Å². The van der Waals surface area contributed by atoms with Crippen LogP contribution < -0.4 is 5.32 Å². The molecule has 1 N–H and O–H groups in total. The number of para-hydroxylation sites is 1. The number of anilines is 1. The Labute approximate surface area is 120 Å². The van der Waals surface area contributed by atoms with Crippen molar-refractivity contribution in [2.75, 3.05) is 5.32 Å². The van der Waals surface area contributed by atoms with Crippen LogP contribution in [0.2, 0.25) is 0 Å². The molecule has 0 aliphatic rings. The molecular formula is C13H8Br2FNO. The topological polar surface area (TPSA) is 29.1 Å². The average molecular weight is 373 g/mol. The second kappa shape index (κ2) is 5.63. The molecule has 0 spiro atoms.